The van der Waals surface area contributed by atoms with Crippen LogP contribution in [0.5, 0.6) is 0 Å². The van der Waals surface area contributed by atoms with Crippen molar-refractivity contribution in [3.8, 4) is 0 Å². The largest absolute Gasteiger partial charge is 0.348 e. The van der Waals surface area contributed by atoms with Gasteiger partial charge in [-0.2, -0.15) is 0 Å². The summed E-state index contributed by atoms with van der Waals surface area (Å²) in [5.41, 5.74) is 3.08. The number of hydrogen-bond donors (Lipinski definition) is 2. The number of aromatic nitrogens is 3. The molecule has 2 aliphatic rings. The number of fused-ring (bicyclic) bond motifs is 1. The minimum atomic E-state index is -0.136. The highest BCUT2D eigenvalue weighted by molar-refractivity contribution is 6.39. The van der Waals surface area contributed by atoms with Gasteiger partial charge in [0.05, 0.1) is 33.0 Å². The molecule has 0 unspecified atom stereocenters. The van der Waals surface area contributed by atoms with Crippen LogP contribution in [0.2, 0.25) is 10.0 Å². The Balaban J connectivity index is 1.35. The number of aryl methyl sites for hydroxylation is 1. The highest BCUT2D eigenvalue weighted by atomic mass is 35.5. The van der Waals surface area contributed by atoms with Gasteiger partial charge < -0.3 is 15.2 Å². The van der Waals surface area contributed by atoms with Crippen molar-refractivity contribution in [2.45, 2.75) is 44.6 Å². The van der Waals surface area contributed by atoms with E-state index in [0.29, 0.717) is 38.3 Å². The molecule has 0 radical (unpaired) electrons. The number of carbonyl (C=O) groups excluding carboxylic acids is 1. The van der Waals surface area contributed by atoms with E-state index in [2.05, 4.69) is 20.6 Å². The third-order valence-corrected chi connectivity index (χ3v) is 7.17. The molecule has 1 aromatic carbocycles. The molecular weight excluding hydrogens is 421 g/mol. The number of nitrogens with zero attached hydrogens (tertiary/aromatic N) is 3. The lowest BCUT2D eigenvalue weighted by molar-refractivity contribution is 0.0914. The molecule has 2 saturated carbocycles. The number of benzene rings is 1. The number of anilines is 2. The molecule has 0 atom stereocenters. The zero-order valence-corrected chi connectivity index (χ0v) is 18.2. The van der Waals surface area contributed by atoms with Crippen molar-refractivity contribution < 1.29 is 4.79 Å². The molecule has 2 N–H and O–H groups in total. The lowest BCUT2D eigenvalue weighted by atomic mass is 9.83. The fourth-order valence-electron chi connectivity index (χ4n) is 4.36. The minimum absolute atomic E-state index is 0.136. The molecule has 5 rings (SSSR count). The van der Waals surface area contributed by atoms with Crippen LogP contribution in [0.25, 0.3) is 11.0 Å². The van der Waals surface area contributed by atoms with E-state index in [1.54, 1.807) is 30.5 Å². The Morgan fingerprint density at radius 3 is 2.53 bits per heavy atom. The lowest BCUT2D eigenvalue weighted by Crippen LogP contribution is -2.38. The number of hydrogen-bond acceptors (Lipinski definition) is 4. The second kappa shape index (κ2) is 7.43. The van der Waals surface area contributed by atoms with Crippen molar-refractivity contribution in [3.05, 3.63) is 46.2 Å². The normalized spacial score (nSPS) is 18.0. The van der Waals surface area contributed by atoms with Crippen LogP contribution in [-0.2, 0) is 7.05 Å². The number of nitrogens with one attached hydrogen (secondary N) is 2. The molecule has 2 fully saturated rings. The monoisotopic (exact) mass is 443 g/mol. The first-order valence-electron chi connectivity index (χ1n) is 10.3. The molecule has 0 bridgehead atoms. The summed E-state index contributed by atoms with van der Waals surface area (Å²) >= 11 is 12.5. The van der Waals surface area contributed by atoms with Crippen LogP contribution in [0.1, 0.15) is 49.0 Å². The molecule has 3 aromatic rings. The number of imidazole rings is 1. The Kier molecular flexibility index (Phi) is 4.86. The van der Waals surface area contributed by atoms with Crippen LogP contribution >= 0.6 is 23.2 Å². The lowest BCUT2D eigenvalue weighted by Gasteiger charge is -2.28. The third-order valence-electron chi connectivity index (χ3n) is 6.54. The Hall–Kier alpha value is -2.31. The number of para-hydroxylation sites is 1. The molecule has 0 aliphatic heterocycles. The predicted octanol–water partition coefficient (Wildman–Crippen LogP) is 5.47. The zero-order valence-electron chi connectivity index (χ0n) is 16.7. The van der Waals surface area contributed by atoms with Crippen LogP contribution in [0.4, 0.5) is 11.6 Å². The van der Waals surface area contributed by atoms with Gasteiger partial charge in [-0.25, -0.2) is 9.97 Å². The van der Waals surface area contributed by atoms with E-state index < -0.39 is 0 Å². The number of pyridine rings is 1. The maximum Gasteiger partial charge on any atom is 0.270 e. The van der Waals surface area contributed by atoms with Crippen LogP contribution in [0.15, 0.2) is 30.5 Å². The highest BCUT2D eigenvalue weighted by Crippen LogP contribution is 2.56. The first kappa shape index (κ1) is 19.6. The molecule has 0 saturated heterocycles. The summed E-state index contributed by atoms with van der Waals surface area (Å²) in [6.45, 7) is 0. The van der Waals surface area contributed by atoms with Crippen molar-refractivity contribution in [2.75, 3.05) is 5.32 Å². The first-order valence-corrected chi connectivity index (χ1v) is 11.0. The number of rotatable bonds is 4. The van der Waals surface area contributed by atoms with Crippen molar-refractivity contribution in [1.29, 1.82) is 0 Å². The maximum absolute atomic E-state index is 12.7. The number of amides is 1. The summed E-state index contributed by atoms with van der Waals surface area (Å²) in [6.07, 6.45) is 8.97. The minimum Gasteiger partial charge on any atom is -0.348 e. The molecule has 2 heterocycles. The van der Waals surface area contributed by atoms with Crippen LogP contribution < -0.4 is 10.6 Å². The second-order valence-corrected chi connectivity index (χ2v) is 9.34. The van der Waals surface area contributed by atoms with E-state index in [1.165, 1.54) is 25.7 Å². The van der Waals surface area contributed by atoms with Gasteiger partial charge in [-0.05, 0) is 62.1 Å². The quantitative estimate of drug-likeness (QED) is 0.560. The van der Waals surface area contributed by atoms with Crippen molar-refractivity contribution >= 4 is 51.8 Å². The molecule has 6 nitrogen and oxygen atoms in total. The number of carbonyl (C=O) groups is 1. The van der Waals surface area contributed by atoms with Crippen LogP contribution in [0.3, 0.4) is 0 Å². The summed E-state index contributed by atoms with van der Waals surface area (Å²) in [5.74, 6) is 0.435. The predicted molar refractivity (Wildman–Crippen MR) is 120 cm³/mol. The maximum atomic E-state index is 12.7. The number of halogens is 2. The topological polar surface area (TPSA) is 71.8 Å². The third kappa shape index (κ3) is 3.63. The van der Waals surface area contributed by atoms with Crippen molar-refractivity contribution in [2.24, 2.45) is 12.5 Å². The molecule has 1 spiro atoms. The van der Waals surface area contributed by atoms with Gasteiger partial charge in [0.1, 0.15) is 5.69 Å². The first-order chi connectivity index (χ1) is 14.4. The van der Waals surface area contributed by atoms with Gasteiger partial charge in [0.15, 0.2) is 0 Å². The van der Waals surface area contributed by atoms with Gasteiger partial charge in [-0.3, -0.25) is 4.79 Å². The van der Waals surface area contributed by atoms with E-state index >= 15 is 0 Å². The molecule has 2 aromatic heterocycles. The summed E-state index contributed by atoms with van der Waals surface area (Å²) in [5, 5.41) is 7.36. The summed E-state index contributed by atoms with van der Waals surface area (Å²) in [6, 6.07) is 7.29. The van der Waals surface area contributed by atoms with Gasteiger partial charge in [0, 0.05) is 13.1 Å². The van der Waals surface area contributed by atoms with E-state index in [-0.39, 0.29) is 11.9 Å². The fourth-order valence-corrected chi connectivity index (χ4v) is 4.86. The Bertz CT molecular complexity index is 1110. The molecule has 2 aliphatic carbocycles. The zero-order chi connectivity index (χ0) is 20.9. The Labute approximate surface area is 185 Å². The average molecular weight is 444 g/mol. The summed E-state index contributed by atoms with van der Waals surface area (Å²) in [4.78, 5) is 21.7. The molecule has 156 valence electrons. The molecule has 8 heteroatoms. The average Bonchev–Trinajstić information content (AvgIpc) is 3.42. The van der Waals surface area contributed by atoms with Gasteiger partial charge in [-0.1, -0.05) is 29.3 Å². The fraction of sp³-hybridized carbons (Fsp3) is 0.409. The smallest absolute Gasteiger partial charge is 0.270 e. The Morgan fingerprint density at radius 2 is 1.87 bits per heavy atom. The Morgan fingerprint density at radius 1 is 1.17 bits per heavy atom. The SMILES string of the molecule is Cn1c(Nc2c(Cl)cccc2Cl)nc2cc(C(=O)NC3CCC4(CC3)CC4)ncc21. The van der Waals surface area contributed by atoms with Crippen molar-refractivity contribution in [3.63, 3.8) is 0 Å². The van der Waals surface area contributed by atoms with Crippen LogP contribution in [0, 0.1) is 5.41 Å². The van der Waals surface area contributed by atoms with Gasteiger partial charge in [-0.15, -0.1) is 0 Å². The van der Waals surface area contributed by atoms with Gasteiger partial charge in [0.25, 0.3) is 5.91 Å². The molecule has 1 amide bonds. The summed E-state index contributed by atoms with van der Waals surface area (Å²) in [7, 11) is 1.87. The highest BCUT2D eigenvalue weighted by Gasteiger charge is 2.44. The molecular formula is C22H23Cl2N5O. The summed E-state index contributed by atoms with van der Waals surface area (Å²) < 4.78 is 1.86. The van der Waals surface area contributed by atoms with E-state index in [0.717, 1.165) is 18.4 Å². The second-order valence-electron chi connectivity index (χ2n) is 8.52. The van der Waals surface area contributed by atoms with E-state index in [9.17, 15) is 4.79 Å². The molecule has 30 heavy (non-hydrogen) atoms. The van der Waals surface area contributed by atoms with Gasteiger partial charge >= 0.3 is 0 Å². The van der Waals surface area contributed by atoms with Gasteiger partial charge in [0.2, 0.25) is 5.95 Å². The standard InChI is InChI=1S/C22H23Cl2N5O/c1-29-18-12-25-17(20(30)26-13-5-7-22(8-6-13)9-10-22)11-16(18)27-21(29)28-19-14(23)3-2-4-15(19)24/h2-4,11-13H,5-10H2,1H3,(H,26,30)(H,27,28). The van der Waals surface area contributed by atoms with Crippen LogP contribution in [-0.4, -0.2) is 26.5 Å². The van der Waals surface area contributed by atoms with E-state index in [1.807, 2.05) is 11.6 Å². The van der Waals surface area contributed by atoms with E-state index in [4.69, 9.17) is 23.2 Å². The van der Waals surface area contributed by atoms with Crippen molar-refractivity contribution in [1.82, 2.24) is 19.9 Å².